The third-order valence-corrected chi connectivity index (χ3v) is 7.09. The zero-order valence-corrected chi connectivity index (χ0v) is 17.3. The van der Waals surface area contributed by atoms with Crippen LogP contribution >= 0.6 is 0 Å². The maximum absolute atomic E-state index is 14.0. The van der Waals surface area contributed by atoms with Gasteiger partial charge in [-0.2, -0.15) is 13.9 Å². The lowest BCUT2D eigenvalue weighted by atomic mass is 9.98. The fourth-order valence-electron chi connectivity index (χ4n) is 4.16. The van der Waals surface area contributed by atoms with Crippen molar-refractivity contribution in [3.8, 4) is 0 Å². The van der Waals surface area contributed by atoms with Crippen LogP contribution in [0.2, 0.25) is 0 Å². The van der Waals surface area contributed by atoms with Crippen molar-refractivity contribution in [2.45, 2.75) is 68.4 Å². The van der Waals surface area contributed by atoms with Gasteiger partial charge in [-0.1, -0.05) is 0 Å². The van der Waals surface area contributed by atoms with Gasteiger partial charge in [0.25, 0.3) is 0 Å². The lowest BCUT2D eigenvalue weighted by molar-refractivity contribution is 0.0552. The van der Waals surface area contributed by atoms with Crippen molar-refractivity contribution in [1.82, 2.24) is 14.8 Å². The van der Waals surface area contributed by atoms with E-state index in [1.807, 2.05) is 0 Å². The van der Waals surface area contributed by atoms with Crippen molar-refractivity contribution < 1.29 is 22.2 Å². The molecule has 12 heteroatoms. The summed E-state index contributed by atoms with van der Waals surface area (Å²) in [4.78, 5) is 17.6. The molecule has 0 bridgehead atoms. The molecule has 0 spiro atoms. The van der Waals surface area contributed by atoms with Crippen LogP contribution in [0.1, 0.15) is 73.0 Å². The third kappa shape index (κ3) is 3.82. The second-order valence-corrected chi connectivity index (χ2v) is 9.95. The van der Waals surface area contributed by atoms with Gasteiger partial charge >= 0.3 is 12.6 Å². The summed E-state index contributed by atoms with van der Waals surface area (Å²) in [7, 11) is -4.16. The Morgan fingerprint density at radius 1 is 1.26 bits per heavy atom. The van der Waals surface area contributed by atoms with Crippen LogP contribution in [0, 0.1) is 5.82 Å². The van der Waals surface area contributed by atoms with Gasteiger partial charge in [0.05, 0.1) is 11.9 Å². The predicted octanol–water partition coefficient (Wildman–Crippen LogP) is 3.99. The maximum Gasteiger partial charge on any atom is 0.354 e. The van der Waals surface area contributed by atoms with Gasteiger partial charge in [-0.25, -0.2) is 23.2 Å². The summed E-state index contributed by atoms with van der Waals surface area (Å²) in [5.74, 6) is -0.616. The molecule has 31 heavy (non-hydrogen) atoms. The second kappa shape index (κ2) is 7.30. The van der Waals surface area contributed by atoms with E-state index >= 15 is 0 Å². The Kier molecular flexibility index (Phi) is 4.81. The fourth-order valence-corrected chi connectivity index (χ4v) is 5.08. The molecule has 0 saturated heterocycles. The number of urea groups is 1. The van der Waals surface area contributed by atoms with Crippen LogP contribution in [-0.2, 0) is 22.8 Å². The van der Waals surface area contributed by atoms with Crippen LogP contribution in [0.3, 0.4) is 0 Å². The van der Waals surface area contributed by atoms with Gasteiger partial charge in [0.1, 0.15) is 0 Å². The average Bonchev–Trinajstić information content (AvgIpc) is 3.61. The summed E-state index contributed by atoms with van der Waals surface area (Å²) in [6.45, 7) is -3.14. The summed E-state index contributed by atoms with van der Waals surface area (Å²) in [6.07, 6.45) is 7.00. The Morgan fingerprint density at radius 3 is 2.58 bits per heavy atom. The molecule has 2 aromatic rings. The molecule has 8 nitrogen and oxygen atoms in total. The molecule has 2 saturated carbocycles. The summed E-state index contributed by atoms with van der Waals surface area (Å²) in [6, 6.07) is -1.03. The van der Waals surface area contributed by atoms with Gasteiger partial charge < -0.3 is 5.32 Å². The van der Waals surface area contributed by atoms with Crippen molar-refractivity contribution in [3.63, 3.8) is 0 Å². The molecule has 2 aromatic heterocycles. The largest absolute Gasteiger partial charge is 0.354 e. The first-order valence-corrected chi connectivity index (χ1v) is 11.8. The number of halogens is 3. The number of nitrogens with zero attached hydrogens (tertiary/aromatic N) is 4. The van der Waals surface area contributed by atoms with Crippen LogP contribution < -0.4 is 10.5 Å². The van der Waals surface area contributed by atoms with Gasteiger partial charge in [0, 0.05) is 22.9 Å². The minimum atomic E-state index is -4.16. The molecule has 3 N–H and O–H groups in total. The van der Waals surface area contributed by atoms with Gasteiger partial charge in [-0.3, -0.25) is 4.98 Å². The molecule has 0 aliphatic heterocycles. The topological polar surface area (TPSA) is 115 Å². The van der Waals surface area contributed by atoms with Crippen LogP contribution in [0.25, 0.3) is 0 Å². The molecule has 3 aliphatic rings. The number of carbonyl (C=O) groups excluding carboxylic acids is 1. The number of alkyl halides is 2. The zero-order chi connectivity index (χ0) is 21.9. The third-order valence-electron chi connectivity index (χ3n) is 5.82. The molecule has 0 aromatic carbocycles. The smallest absolute Gasteiger partial charge is 0.305 e. The number of rotatable bonds is 5. The lowest BCUT2D eigenvalue weighted by Gasteiger charge is -2.18. The number of hydrogen-bond donors (Lipinski definition) is 2. The number of fused-ring (bicyclic) bond motifs is 1. The van der Waals surface area contributed by atoms with Crippen LogP contribution in [0.15, 0.2) is 15.6 Å². The molecular formula is C19H21F3N6O2S. The maximum atomic E-state index is 14.0. The van der Waals surface area contributed by atoms with E-state index in [0.29, 0.717) is 23.7 Å². The molecule has 0 radical (unpaired) electrons. The molecule has 0 unspecified atom stereocenters. The van der Waals surface area contributed by atoms with E-state index in [-0.39, 0.29) is 4.68 Å². The molecule has 3 aliphatic carbocycles. The van der Waals surface area contributed by atoms with E-state index in [1.165, 1.54) is 0 Å². The summed E-state index contributed by atoms with van der Waals surface area (Å²) >= 11 is 0. The van der Waals surface area contributed by atoms with E-state index < -0.39 is 33.3 Å². The number of amides is 2. The summed E-state index contributed by atoms with van der Waals surface area (Å²) < 4.78 is 55.5. The lowest BCUT2D eigenvalue weighted by Crippen LogP contribution is -2.21. The number of nitrogens with two attached hydrogens (primary N) is 1. The van der Waals surface area contributed by atoms with E-state index in [4.69, 9.17) is 10.1 Å². The fraction of sp³-hybridized carbons (Fsp3) is 0.526. The van der Waals surface area contributed by atoms with Gasteiger partial charge in [0.2, 0.25) is 5.03 Å². The highest BCUT2D eigenvalue weighted by molar-refractivity contribution is 7.91. The van der Waals surface area contributed by atoms with E-state index in [2.05, 4.69) is 14.8 Å². The number of nitrogens with one attached hydrogen (secondary N) is 1. The Morgan fingerprint density at radius 2 is 1.97 bits per heavy atom. The minimum absolute atomic E-state index is 0.0204. The van der Waals surface area contributed by atoms with E-state index in [1.54, 1.807) is 0 Å². The molecule has 2 fully saturated rings. The first-order valence-electron chi connectivity index (χ1n) is 10.2. The van der Waals surface area contributed by atoms with Crippen molar-refractivity contribution in [3.05, 3.63) is 34.5 Å². The molecule has 1 atom stereocenters. The number of anilines is 1. The van der Waals surface area contributed by atoms with Crippen molar-refractivity contribution in [2.24, 2.45) is 9.50 Å². The highest BCUT2D eigenvalue weighted by Crippen LogP contribution is 2.52. The highest BCUT2D eigenvalue weighted by atomic mass is 32.2. The second-order valence-electron chi connectivity index (χ2n) is 8.24. The average molecular weight is 454 g/mol. The Hall–Kier alpha value is -2.47. The quantitative estimate of drug-likeness (QED) is 0.711. The first kappa shape index (κ1) is 20.4. The zero-order valence-electron chi connectivity index (χ0n) is 16.5. The molecule has 5 rings (SSSR count). The number of hydrogen-bond acceptors (Lipinski definition) is 4. The summed E-state index contributed by atoms with van der Waals surface area (Å²) in [5, 5.41) is 10.5. The highest BCUT2D eigenvalue weighted by Gasteiger charge is 2.38. The Bertz CT molecular complexity index is 1200. The Labute approximate surface area is 176 Å². The number of carbonyl (C=O) groups is 1. The van der Waals surface area contributed by atoms with E-state index in [0.717, 1.165) is 67.5 Å². The number of pyridine rings is 1. The molecule has 2 heterocycles. The van der Waals surface area contributed by atoms with Crippen LogP contribution in [-0.4, -0.2) is 25.0 Å². The van der Waals surface area contributed by atoms with Crippen molar-refractivity contribution in [2.75, 3.05) is 5.32 Å². The normalized spacial score (nSPS) is 19.9. The predicted molar refractivity (Wildman–Crippen MR) is 106 cm³/mol. The summed E-state index contributed by atoms with van der Waals surface area (Å²) in [5.41, 5.74) is 4.59. The first-order chi connectivity index (χ1) is 14.7. The molecule has 166 valence electrons. The van der Waals surface area contributed by atoms with E-state index in [9.17, 15) is 22.2 Å². The van der Waals surface area contributed by atoms with Crippen LogP contribution in [0.5, 0.6) is 0 Å². The monoisotopic (exact) mass is 454 g/mol. The molecule has 2 amide bonds. The van der Waals surface area contributed by atoms with Gasteiger partial charge in [-0.15, -0.1) is 4.36 Å². The van der Waals surface area contributed by atoms with Crippen molar-refractivity contribution >= 4 is 21.6 Å². The SMILES string of the molecule is N[S@@](=O)(=NC(=O)Nc1c2c(nc(C3CC3)c1C1CC1)CCC2)c1nn(C(F)F)cc1F. The minimum Gasteiger partial charge on any atom is -0.305 e. The standard InChI is InChI=1S/C19H21F3N6O2S/c20-12-8-28(18(21)22)26-17(12)31(23,30)27-19(29)25-16-11-2-1-3-13(11)24-15(10-6-7-10)14(16)9-4-5-9/h8-10,18H,1-7H2,(H3,23,24,25,27,29,30)/t31-/m1/s1. The number of aromatic nitrogens is 3. The Balaban J connectivity index is 1.52. The van der Waals surface area contributed by atoms with Gasteiger partial charge in [-0.05, 0) is 56.4 Å². The number of aryl methyl sites for hydroxylation is 1. The van der Waals surface area contributed by atoms with Gasteiger partial charge in [0.15, 0.2) is 15.7 Å². The van der Waals surface area contributed by atoms with Crippen LogP contribution in [0.4, 0.5) is 23.7 Å². The van der Waals surface area contributed by atoms with Crippen molar-refractivity contribution in [1.29, 1.82) is 0 Å². The molecular weight excluding hydrogens is 433 g/mol.